The number of halogens is 1. The Morgan fingerprint density at radius 1 is 1.62 bits per heavy atom. The molecule has 4 heteroatoms. The molecule has 78 valence electrons. The number of aliphatic hydroxyl groups is 1. The highest BCUT2D eigenvalue weighted by Gasteiger charge is 2.13. The summed E-state index contributed by atoms with van der Waals surface area (Å²) < 4.78 is 0. The second-order valence-electron chi connectivity index (χ2n) is 3.18. The van der Waals surface area contributed by atoms with Gasteiger partial charge in [-0.25, -0.2) is 0 Å². The molecule has 0 aromatic heterocycles. The highest BCUT2D eigenvalue weighted by Crippen LogP contribution is 2.05. The molecule has 0 rings (SSSR count). The van der Waals surface area contributed by atoms with Crippen molar-refractivity contribution in [1.29, 1.82) is 0 Å². The van der Waals surface area contributed by atoms with Crippen LogP contribution >= 0.6 is 11.6 Å². The second kappa shape index (κ2) is 7.15. The van der Waals surface area contributed by atoms with Gasteiger partial charge in [0, 0.05) is 19.7 Å². The highest BCUT2D eigenvalue weighted by atomic mass is 35.5. The van der Waals surface area contributed by atoms with E-state index in [1.165, 1.54) is 0 Å². The first kappa shape index (κ1) is 12.7. The maximum atomic E-state index is 11.2. The fourth-order valence-corrected chi connectivity index (χ4v) is 1.35. The Balaban J connectivity index is 3.89. The van der Waals surface area contributed by atoms with Crippen LogP contribution in [-0.4, -0.2) is 41.5 Å². The summed E-state index contributed by atoms with van der Waals surface area (Å²) in [4.78, 5) is 12.9. The normalized spacial score (nSPS) is 12.6. The van der Waals surface area contributed by atoms with Crippen LogP contribution in [0.2, 0.25) is 0 Å². The van der Waals surface area contributed by atoms with Crippen molar-refractivity contribution in [1.82, 2.24) is 4.90 Å². The molecule has 0 aliphatic carbocycles. The van der Waals surface area contributed by atoms with E-state index >= 15 is 0 Å². The van der Waals surface area contributed by atoms with Crippen LogP contribution in [0.1, 0.15) is 20.3 Å². The van der Waals surface area contributed by atoms with Gasteiger partial charge in [-0.3, -0.25) is 4.79 Å². The van der Waals surface area contributed by atoms with Gasteiger partial charge in [0.25, 0.3) is 0 Å². The van der Waals surface area contributed by atoms with Crippen LogP contribution in [0.15, 0.2) is 0 Å². The number of amides is 1. The number of rotatable bonds is 6. The first-order valence-electron chi connectivity index (χ1n) is 4.60. The van der Waals surface area contributed by atoms with E-state index in [2.05, 4.69) is 0 Å². The second-order valence-corrected chi connectivity index (χ2v) is 3.45. The Kier molecular flexibility index (Phi) is 7.00. The zero-order valence-corrected chi connectivity index (χ0v) is 9.05. The van der Waals surface area contributed by atoms with Crippen molar-refractivity contribution in [2.75, 3.05) is 25.6 Å². The topological polar surface area (TPSA) is 40.5 Å². The molecule has 0 radical (unpaired) electrons. The fourth-order valence-electron chi connectivity index (χ4n) is 1.18. The zero-order valence-electron chi connectivity index (χ0n) is 8.29. The third-order valence-corrected chi connectivity index (χ3v) is 2.23. The quantitative estimate of drug-likeness (QED) is 0.663. The van der Waals surface area contributed by atoms with Gasteiger partial charge in [-0.05, 0) is 19.3 Å². The number of carbonyl (C=O) groups is 1. The predicted molar refractivity (Wildman–Crippen MR) is 53.8 cm³/mol. The van der Waals surface area contributed by atoms with Gasteiger partial charge < -0.3 is 10.0 Å². The molecule has 13 heavy (non-hydrogen) atoms. The van der Waals surface area contributed by atoms with Crippen LogP contribution in [-0.2, 0) is 4.79 Å². The first-order chi connectivity index (χ1) is 6.15. The fraction of sp³-hybridized carbons (Fsp3) is 0.889. The Labute approximate surface area is 84.7 Å². The van der Waals surface area contributed by atoms with Gasteiger partial charge in [0.2, 0.25) is 5.91 Å². The van der Waals surface area contributed by atoms with Crippen LogP contribution in [0.25, 0.3) is 0 Å². The molecule has 1 atom stereocenters. The maximum Gasteiger partial charge on any atom is 0.237 e. The molecule has 0 bridgehead atoms. The third-order valence-electron chi connectivity index (χ3n) is 2.00. The summed E-state index contributed by atoms with van der Waals surface area (Å²) in [5, 5.41) is 8.69. The maximum absolute atomic E-state index is 11.2. The van der Waals surface area contributed by atoms with Crippen molar-refractivity contribution in [3.05, 3.63) is 0 Å². The highest BCUT2D eigenvalue weighted by molar-refractivity contribution is 6.27. The summed E-state index contributed by atoms with van der Waals surface area (Å²) in [5.74, 6) is 0.339. The largest absolute Gasteiger partial charge is 0.396 e. The van der Waals surface area contributed by atoms with E-state index in [1.807, 2.05) is 13.8 Å². The third kappa shape index (κ3) is 5.11. The first-order valence-corrected chi connectivity index (χ1v) is 5.13. The zero-order chi connectivity index (χ0) is 10.3. The molecule has 1 unspecified atom stereocenters. The molecule has 1 amide bonds. The summed E-state index contributed by atoms with van der Waals surface area (Å²) in [7, 11) is 0. The molecular weight excluding hydrogens is 190 g/mol. The van der Waals surface area contributed by atoms with E-state index in [-0.39, 0.29) is 18.4 Å². The number of aliphatic hydroxyl groups excluding tert-OH is 1. The van der Waals surface area contributed by atoms with Crippen molar-refractivity contribution in [2.24, 2.45) is 5.92 Å². The predicted octanol–water partition coefficient (Wildman–Crippen LogP) is 1.09. The van der Waals surface area contributed by atoms with Gasteiger partial charge in [-0.2, -0.15) is 0 Å². The van der Waals surface area contributed by atoms with E-state index in [0.29, 0.717) is 19.0 Å². The molecule has 3 nitrogen and oxygen atoms in total. The summed E-state index contributed by atoms with van der Waals surface area (Å²) in [5.41, 5.74) is 0. The van der Waals surface area contributed by atoms with Crippen LogP contribution in [0.3, 0.4) is 0 Å². The molecule has 0 aromatic rings. The van der Waals surface area contributed by atoms with Crippen LogP contribution < -0.4 is 0 Å². The minimum Gasteiger partial charge on any atom is -0.396 e. The number of hydrogen-bond donors (Lipinski definition) is 1. The molecule has 0 heterocycles. The Bertz CT molecular complexity index is 153. The lowest BCUT2D eigenvalue weighted by Gasteiger charge is -2.23. The van der Waals surface area contributed by atoms with Gasteiger partial charge >= 0.3 is 0 Å². The smallest absolute Gasteiger partial charge is 0.237 e. The molecule has 0 saturated carbocycles. The van der Waals surface area contributed by atoms with Gasteiger partial charge in [0.1, 0.15) is 5.88 Å². The van der Waals surface area contributed by atoms with Gasteiger partial charge in [0.15, 0.2) is 0 Å². The minimum absolute atomic E-state index is 0.0334. The summed E-state index contributed by atoms with van der Waals surface area (Å²) in [6.07, 6.45) is 0.728. The number of nitrogens with zero attached hydrogens (tertiary/aromatic N) is 1. The average Bonchev–Trinajstić information content (AvgIpc) is 2.13. The lowest BCUT2D eigenvalue weighted by molar-refractivity contribution is -0.128. The van der Waals surface area contributed by atoms with Gasteiger partial charge in [-0.1, -0.05) is 6.92 Å². The van der Waals surface area contributed by atoms with E-state index in [1.54, 1.807) is 4.90 Å². The number of carbonyl (C=O) groups excluding carboxylic acids is 1. The minimum atomic E-state index is -0.0334. The van der Waals surface area contributed by atoms with E-state index in [4.69, 9.17) is 16.7 Å². The standard InChI is InChI=1S/C9H18ClNO2/c1-3-11(9(13)6-10)7-8(2)4-5-12/h8,12H,3-7H2,1-2H3. The molecular formula is C9H18ClNO2. The van der Waals surface area contributed by atoms with Gasteiger partial charge in [0.05, 0.1) is 0 Å². The number of alkyl halides is 1. The van der Waals surface area contributed by atoms with Crippen molar-refractivity contribution in [3.8, 4) is 0 Å². The van der Waals surface area contributed by atoms with E-state index in [0.717, 1.165) is 6.42 Å². The molecule has 0 aliphatic rings. The van der Waals surface area contributed by atoms with Crippen LogP contribution in [0, 0.1) is 5.92 Å². The molecule has 0 spiro atoms. The molecule has 0 aromatic carbocycles. The lowest BCUT2D eigenvalue weighted by atomic mass is 10.1. The molecule has 1 N–H and O–H groups in total. The van der Waals surface area contributed by atoms with Crippen molar-refractivity contribution >= 4 is 17.5 Å². The Hall–Kier alpha value is -0.280. The average molecular weight is 208 g/mol. The van der Waals surface area contributed by atoms with E-state index < -0.39 is 0 Å². The van der Waals surface area contributed by atoms with Crippen molar-refractivity contribution in [3.63, 3.8) is 0 Å². The lowest BCUT2D eigenvalue weighted by Crippen LogP contribution is -2.35. The monoisotopic (exact) mass is 207 g/mol. The summed E-state index contributed by atoms with van der Waals surface area (Å²) in [6.45, 7) is 5.48. The summed E-state index contributed by atoms with van der Waals surface area (Å²) in [6, 6.07) is 0. The number of hydrogen-bond acceptors (Lipinski definition) is 2. The molecule has 0 saturated heterocycles. The summed E-state index contributed by atoms with van der Waals surface area (Å²) >= 11 is 5.45. The Morgan fingerprint density at radius 3 is 2.62 bits per heavy atom. The Morgan fingerprint density at radius 2 is 2.23 bits per heavy atom. The van der Waals surface area contributed by atoms with Crippen molar-refractivity contribution in [2.45, 2.75) is 20.3 Å². The SMILES string of the molecule is CCN(CC(C)CCO)C(=O)CCl. The van der Waals surface area contributed by atoms with Gasteiger partial charge in [-0.15, -0.1) is 11.6 Å². The van der Waals surface area contributed by atoms with E-state index in [9.17, 15) is 4.79 Å². The van der Waals surface area contributed by atoms with Crippen LogP contribution in [0.5, 0.6) is 0 Å². The van der Waals surface area contributed by atoms with Crippen LogP contribution in [0.4, 0.5) is 0 Å². The molecule has 0 fully saturated rings. The van der Waals surface area contributed by atoms with Crippen molar-refractivity contribution < 1.29 is 9.90 Å². The molecule has 0 aliphatic heterocycles.